The third kappa shape index (κ3) is 2.67. The van der Waals surface area contributed by atoms with Crippen molar-refractivity contribution in [2.45, 2.75) is 19.6 Å². The van der Waals surface area contributed by atoms with E-state index in [2.05, 4.69) is 5.32 Å². The first-order valence-electron chi connectivity index (χ1n) is 4.93. The van der Waals surface area contributed by atoms with Crippen molar-refractivity contribution < 1.29 is 14.3 Å². The highest BCUT2D eigenvalue weighted by Gasteiger charge is 2.34. The number of rotatable bonds is 4. The molecule has 1 unspecified atom stereocenters. The number of methoxy groups -OCH3 is 1. The zero-order chi connectivity index (χ0) is 12.2. The second-order valence-electron chi connectivity index (χ2n) is 3.61. The molecule has 0 radical (unpaired) electrons. The monoisotopic (exact) mass is 221 g/mol. The lowest BCUT2D eigenvalue weighted by Gasteiger charge is -2.27. The van der Waals surface area contributed by atoms with Crippen LogP contribution < -0.4 is 5.32 Å². The van der Waals surface area contributed by atoms with E-state index in [1.54, 1.807) is 24.3 Å². The third-order valence-corrected chi connectivity index (χ3v) is 2.29. The molecule has 1 aromatic carbocycles. The van der Waals surface area contributed by atoms with Crippen molar-refractivity contribution in [3.63, 3.8) is 0 Å². The average Bonchev–Trinajstić information content (AvgIpc) is 2.28. The molecule has 1 amide bonds. The van der Waals surface area contributed by atoms with E-state index in [1.807, 2.05) is 6.07 Å². The molecule has 1 N–H and O–H groups in total. The smallest absolute Gasteiger partial charge is 0.219 e. The quantitative estimate of drug-likeness (QED) is 0.617. The normalized spacial score (nSPS) is 13.9. The number of ketones is 1. The van der Waals surface area contributed by atoms with Gasteiger partial charge < -0.3 is 10.1 Å². The molecule has 0 spiro atoms. The molecule has 4 nitrogen and oxygen atoms in total. The Morgan fingerprint density at radius 1 is 1.25 bits per heavy atom. The molecule has 0 bridgehead atoms. The summed E-state index contributed by atoms with van der Waals surface area (Å²) in [5, 5.41) is 2.49. The van der Waals surface area contributed by atoms with Crippen molar-refractivity contribution in [2.75, 3.05) is 7.11 Å². The molecule has 1 atom stereocenters. The van der Waals surface area contributed by atoms with Gasteiger partial charge in [-0.15, -0.1) is 0 Å². The molecule has 0 heterocycles. The number of hydrogen-bond donors (Lipinski definition) is 1. The van der Waals surface area contributed by atoms with Gasteiger partial charge >= 0.3 is 0 Å². The highest BCUT2D eigenvalue weighted by Crippen LogP contribution is 2.14. The van der Waals surface area contributed by atoms with Gasteiger partial charge in [0.05, 0.1) is 0 Å². The predicted molar refractivity (Wildman–Crippen MR) is 60.0 cm³/mol. The van der Waals surface area contributed by atoms with E-state index in [9.17, 15) is 9.59 Å². The molecule has 0 aliphatic carbocycles. The van der Waals surface area contributed by atoms with Gasteiger partial charge in [-0.05, 0) is 6.92 Å². The van der Waals surface area contributed by atoms with Crippen LogP contribution in [-0.2, 0) is 9.53 Å². The number of ether oxygens (including phenoxy) is 1. The number of nitrogens with one attached hydrogen (secondary N) is 1. The van der Waals surface area contributed by atoms with Crippen molar-refractivity contribution >= 4 is 11.7 Å². The van der Waals surface area contributed by atoms with Crippen LogP contribution in [0.2, 0.25) is 0 Å². The van der Waals surface area contributed by atoms with Crippen molar-refractivity contribution in [1.29, 1.82) is 0 Å². The Balaban J connectivity index is 2.97. The van der Waals surface area contributed by atoms with E-state index >= 15 is 0 Å². The van der Waals surface area contributed by atoms with E-state index in [1.165, 1.54) is 21.0 Å². The number of carbonyl (C=O) groups excluding carboxylic acids is 2. The van der Waals surface area contributed by atoms with Gasteiger partial charge in [-0.3, -0.25) is 9.59 Å². The molecule has 0 saturated carbocycles. The fraction of sp³-hybridized carbons (Fsp3) is 0.333. The van der Waals surface area contributed by atoms with Gasteiger partial charge in [0.15, 0.2) is 0 Å². The zero-order valence-corrected chi connectivity index (χ0v) is 9.61. The Hall–Kier alpha value is -1.68. The Labute approximate surface area is 94.6 Å². The first-order valence-corrected chi connectivity index (χ1v) is 4.93. The minimum atomic E-state index is -1.31. The standard InChI is InChI=1S/C12H15NO3/c1-9(14)13-12(2,16-3)11(15)10-7-5-4-6-8-10/h4-8H,1-3H3,(H,13,14). The molecule has 0 aliphatic heterocycles. The average molecular weight is 221 g/mol. The zero-order valence-electron chi connectivity index (χ0n) is 9.61. The molecule has 0 aromatic heterocycles. The van der Waals surface area contributed by atoms with Crippen LogP contribution in [-0.4, -0.2) is 24.5 Å². The Morgan fingerprint density at radius 2 is 1.81 bits per heavy atom. The first-order chi connectivity index (χ1) is 7.49. The van der Waals surface area contributed by atoms with Crippen LogP contribution in [0.1, 0.15) is 24.2 Å². The van der Waals surface area contributed by atoms with Gasteiger partial charge in [0.25, 0.3) is 0 Å². The van der Waals surface area contributed by atoms with Crippen molar-refractivity contribution in [3.05, 3.63) is 35.9 Å². The summed E-state index contributed by atoms with van der Waals surface area (Å²) in [4.78, 5) is 23.1. The number of Topliss-reactive ketones (excluding diaryl/α,β-unsaturated/α-hetero) is 1. The van der Waals surface area contributed by atoms with Crippen LogP contribution in [0.4, 0.5) is 0 Å². The maximum atomic E-state index is 12.1. The summed E-state index contributed by atoms with van der Waals surface area (Å²) in [6.07, 6.45) is 0. The van der Waals surface area contributed by atoms with Gasteiger partial charge in [0.1, 0.15) is 0 Å². The summed E-state index contributed by atoms with van der Waals surface area (Å²) in [6.45, 7) is 2.87. The van der Waals surface area contributed by atoms with E-state index in [-0.39, 0.29) is 11.7 Å². The lowest BCUT2D eigenvalue weighted by atomic mass is 10.0. The number of carbonyl (C=O) groups is 2. The maximum absolute atomic E-state index is 12.1. The number of amides is 1. The van der Waals surface area contributed by atoms with E-state index in [4.69, 9.17) is 4.74 Å². The molecule has 16 heavy (non-hydrogen) atoms. The second-order valence-corrected chi connectivity index (χ2v) is 3.61. The molecular weight excluding hydrogens is 206 g/mol. The molecule has 0 fully saturated rings. The van der Waals surface area contributed by atoms with Crippen LogP contribution in [0.25, 0.3) is 0 Å². The summed E-state index contributed by atoms with van der Waals surface area (Å²) in [5.74, 6) is -0.584. The van der Waals surface area contributed by atoms with Crippen molar-refractivity contribution in [1.82, 2.24) is 5.32 Å². The Morgan fingerprint density at radius 3 is 2.25 bits per heavy atom. The van der Waals surface area contributed by atoms with Gasteiger partial charge in [0, 0.05) is 19.6 Å². The van der Waals surface area contributed by atoms with E-state index in [0.717, 1.165) is 0 Å². The van der Waals surface area contributed by atoms with Gasteiger partial charge in [0.2, 0.25) is 17.4 Å². The topological polar surface area (TPSA) is 55.4 Å². The lowest BCUT2D eigenvalue weighted by molar-refractivity contribution is -0.125. The van der Waals surface area contributed by atoms with Crippen LogP contribution in [0.5, 0.6) is 0 Å². The Bertz CT molecular complexity index is 389. The first kappa shape index (κ1) is 12.4. The number of hydrogen-bond acceptors (Lipinski definition) is 3. The third-order valence-electron chi connectivity index (χ3n) is 2.29. The fourth-order valence-corrected chi connectivity index (χ4v) is 1.40. The summed E-state index contributed by atoms with van der Waals surface area (Å²) in [7, 11) is 1.39. The predicted octanol–water partition coefficient (Wildman–Crippen LogP) is 1.37. The van der Waals surface area contributed by atoms with Crippen molar-refractivity contribution in [2.24, 2.45) is 0 Å². The van der Waals surface area contributed by atoms with Gasteiger partial charge in [-0.2, -0.15) is 0 Å². The molecule has 1 rings (SSSR count). The van der Waals surface area contributed by atoms with Crippen molar-refractivity contribution in [3.8, 4) is 0 Å². The molecule has 1 aromatic rings. The summed E-state index contributed by atoms with van der Waals surface area (Å²) in [5.41, 5.74) is -0.812. The molecule has 86 valence electrons. The summed E-state index contributed by atoms with van der Waals surface area (Å²) >= 11 is 0. The maximum Gasteiger partial charge on any atom is 0.219 e. The summed E-state index contributed by atoms with van der Waals surface area (Å²) < 4.78 is 5.08. The highest BCUT2D eigenvalue weighted by atomic mass is 16.5. The van der Waals surface area contributed by atoms with Crippen LogP contribution in [0.3, 0.4) is 0 Å². The number of benzene rings is 1. The minimum Gasteiger partial charge on any atom is -0.352 e. The van der Waals surface area contributed by atoms with Crippen LogP contribution >= 0.6 is 0 Å². The van der Waals surface area contributed by atoms with Gasteiger partial charge in [-0.1, -0.05) is 30.3 Å². The van der Waals surface area contributed by atoms with E-state index in [0.29, 0.717) is 5.56 Å². The molecule has 0 saturated heterocycles. The minimum absolute atomic E-state index is 0.272. The molecule has 4 heteroatoms. The second kappa shape index (κ2) is 4.90. The fourth-order valence-electron chi connectivity index (χ4n) is 1.40. The summed E-state index contributed by atoms with van der Waals surface area (Å²) in [6, 6.07) is 8.70. The molecular formula is C12H15NO3. The van der Waals surface area contributed by atoms with Crippen LogP contribution in [0.15, 0.2) is 30.3 Å². The Kier molecular flexibility index (Phi) is 3.79. The molecule has 0 aliphatic rings. The lowest BCUT2D eigenvalue weighted by Crippen LogP contribution is -2.53. The van der Waals surface area contributed by atoms with Crippen LogP contribution in [0, 0.1) is 0 Å². The SMILES string of the molecule is COC(C)(NC(C)=O)C(=O)c1ccccc1. The van der Waals surface area contributed by atoms with Gasteiger partial charge in [-0.25, -0.2) is 0 Å². The van der Waals surface area contributed by atoms with E-state index < -0.39 is 5.72 Å². The highest BCUT2D eigenvalue weighted by molar-refractivity contribution is 6.03. The largest absolute Gasteiger partial charge is 0.352 e.